The third-order valence-corrected chi connectivity index (χ3v) is 5.93. The number of likely N-dealkylation sites (tertiary alicyclic amines) is 1. The highest BCUT2D eigenvalue weighted by atomic mass is 16.2. The van der Waals surface area contributed by atoms with E-state index in [-0.39, 0.29) is 5.91 Å². The van der Waals surface area contributed by atoms with Gasteiger partial charge < -0.3 is 9.80 Å². The van der Waals surface area contributed by atoms with Gasteiger partial charge in [0.15, 0.2) is 0 Å². The van der Waals surface area contributed by atoms with E-state index in [4.69, 9.17) is 0 Å². The molecule has 0 atom stereocenters. The molecule has 1 aliphatic carbocycles. The summed E-state index contributed by atoms with van der Waals surface area (Å²) in [6.07, 6.45) is 5.03. The van der Waals surface area contributed by atoms with Crippen LogP contribution in [0.25, 0.3) is 0 Å². The number of nitrogens with zero attached hydrogens (tertiary/aromatic N) is 3. The molecule has 2 amide bonds. The van der Waals surface area contributed by atoms with Gasteiger partial charge in [-0.1, -0.05) is 18.2 Å². The van der Waals surface area contributed by atoms with Gasteiger partial charge in [0.2, 0.25) is 11.8 Å². The normalized spacial score (nSPS) is 21.2. The molecule has 0 bridgehead atoms. The molecule has 1 aromatic rings. The number of hydrogen-bond acceptors (Lipinski definition) is 3. The van der Waals surface area contributed by atoms with Crippen LogP contribution in [0.1, 0.15) is 31.2 Å². The monoisotopic (exact) mass is 341 g/mol. The van der Waals surface area contributed by atoms with Crippen LogP contribution >= 0.6 is 0 Å². The number of fused-ring (bicyclic) bond motifs is 1. The molecular formula is C20H27N3O2. The van der Waals surface area contributed by atoms with Crippen molar-refractivity contribution in [3.8, 4) is 0 Å². The topological polar surface area (TPSA) is 43.9 Å². The number of hydrogen-bond donors (Lipinski definition) is 0. The molecule has 25 heavy (non-hydrogen) atoms. The zero-order chi connectivity index (χ0) is 17.4. The molecule has 2 aliphatic heterocycles. The van der Waals surface area contributed by atoms with Gasteiger partial charge in [0.05, 0.1) is 6.54 Å². The van der Waals surface area contributed by atoms with Gasteiger partial charge in [-0.2, -0.15) is 0 Å². The standard InChI is InChI=1S/C20H27N3O2/c1-21(20(25)16-6-7-16)17-9-11-22(12-10-17)14-19(24)23-13-8-15-4-2-3-5-18(15)23/h2-5,16-17H,6-14H2,1H3. The largest absolute Gasteiger partial charge is 0.342 e. The molecule has 2 heterocycles. The first kappa shape index (κ1) is 16.6. The molecule has 1 saturated heterocycles. The Morgan fingerprint density at radius 1 is 1.08 bits per heavy atom. The highest BCUT2D eigenvalue weighted by Crippen LogP contribution is 2.32. The Hall–Kier alpha value is -1.88. The van der Waals surface area contributed by atoms with Gasteiger partial charge in [-0.3, -0.25) is 14.5 Å². The number of carbonyl (C=O) groups is 2. The molecule has 1 saturated carbocycles. The van der Waals surface area contributed by atoms with Crippen LogP contribution in [0, 0.1) is 5.92 Å². The fourth-order valence-electron chi connectivity index (χ4n) is 4.14. The molecule has 0 spiro atoms. The Bertz CT molecular complexity index is 663. The summed E-state index contributed by atoms with van der Waals surface area (Å²) in [5.41, 5.74) is 2.35. The number of piperidine rings is 1. The van der Waals surface area contributed by atoms with E-state index in [0.29, 0.717) is 24.4 Å². The molecule has 2 fully saturated rings. The fraction of sp³-hybridized carbons (Fsp3) is 0.600. The summed E-state index contributed by atoms with van der Waals surface area (Å²) >= 11 is 0. The maximum Gasteiger partial charge on any atom is 0.241 e. The molecule has 0 unspecified atom stereocenters. The minimum absolute atomic E-state index is 0.200. The number of rotatable bonds is 4. The quantitative estimate of drug-likeness (QED) is 0.840. The molecule has 0 N–H and O–H groups in total. The average molecular weight is 341 g/mol. The van der Waals surface area contributed by atoms with Crippen molar-refractivity contribution in [2.75, 3.05) is 38.1 Å². The number of benzene rings is 1. The zero-order valence-corrected chi connectivity index (χ0v) is 15.0. The van der Waals surface area contributed by atoms with Gasteiger partial charge in [0, 0.05) is 44.3 Å². The Labute approximate surface area is 149 Å². The second-order valence-electron chi connectivity index (χ2n) is 7.65. The van der Waals surface area contributed by atoms with Crippen molar-refractivity contribution in [1.82, 2.24) is 9.80 Å². The van der Waals surface area contributed by atoms with E-state index < -0.39 is 0 Å². The minimum Gasteiger partial charge on any atom is -0.342 e. The minimum atomic E-state index is 0.200. The lowest BCUT2D eigenvalue weighted by atomic mass is 10.0. The highest BCUT2D eigenvalue weighted by Gasteiger charge is 2.36. The van der Waals surface area contributed by atoms with Gasteiger partial charge >= 0.3 is 0 Å². The van der Waals surface area contributed by atoms with E-state index in [2.05, 4.69) is 11.0 Å². The molecule has 4 rings (SSSR count). The smallest absolute Gasteiger partial charge is 0.241 e. The lowest BCUT2D eigenvalue weighted by molar-refractivity contribution is -0.134. The molecule has 3 aliphatic rings. The summed E-state index contributed by atoms with van der Waals surface area (Å²) in [6.45, 7) is 3.08. The summed E-state index contributed by atoms with van der Waals surface area (Å²) in [6, 6.07) is 8.54. The van der Waals surface area contributed by atoms with E-state index in [1.54, 1.807) is 0 Å². The highest BCUT2D eigenvalue weighted by molar-refractivity contribution is 5.96. The number of amides is 2. The van der Waals surface area contributed by atoms with E-state index in [1.165, 1.54) is 5.56 Å². The third-order valence-electron chi connectivity index (χ3n) is 5.93. The number of carbonyl (C=O) groups excluding carboxylic acids is 2. The average Bonchev–Trinajstić information content (AvgIpc) is 3.40. The first-order valence-electron chi connectivity index (χ1n) is 9.51. The second-order valence-corrected chi connectivity index (χ2v) is 7.65. The molecular weight excluding hydrogens is 314 g/mol. The van der Waals surface area contributed by atoms with Gasteiger partial charge in [0.25, 0.3) is 0 Å². The Morgan fingerprint density at radius 3 is 2.52 bits per heavy atom. The van der Waals surface area contributed by atoms with Crippen LogP contribution in [0.4, 0.5) is 5.69 Å². The molecule has 0 aromatic heterocycles. The summed E-state index contributed by atoms with van der Waals surface area (Å²) in [5, 5.41) is 0. The Kier molecular flexibility index (Phi) is 4.50. The van der Waals surface area contributed by atoms with Crippen LogP contribution < -0.4 is 4.90 Å². The first-order chi connectivity index (χ1) is 12.1. The van der Waals surface area contributed by atoms with Gasteiger partial charge in [-0.05, 0) is 43.7 Å². The van der Waals surface area contributed by atoms with Crippen LogP contribution in [-0.2, 0) is 16.0 Å². The van der Waals surface area contributed by atoms with Crippen LogP contribution in [0.2, 0.25) is 0 Å². The van der Waals surface area contributed by atoms with Crippen molar-refractivity contribution in [2.24, 2.45) is 5.92 Å². The summed E-state index contributed by atoms with van der Waals surface area (Å²) in [5.74, 6) is 0.814. The fourth-order valence-corrected chi connectivity index (χ4v) is 4.14. The summed E-state index contributed by atoms with van der Waals surface area (Å²) in [7, 11) is 1.95. The van der Waals surface area contributed by atoms with Crippen LogP contribution in [-0.4, -0.2) is 60.9 Å². The summed E-state index contributed by atoms with van der Waals surface area (Å²) < 4.78 is 0. The predicted octanol–water partition coefficient (Wildman–Crippen LogP) is 1.91. The lowest BCUT2D eigenvalue weighted by Gasteiger charge is -2.37. The van der Waals surface area contributed by atoms with Gasteiger partial charge in [-0.25, -0.2) is 0 Å². The third kappa shape index (κ3) is 3.43. The first-order valence-corrected chi connectivity index (χ1v) is 9.51. The maximum atomic E-state index is 12.7. The van der Waals surface area contributed by atoms with Gasteiger partial charge in [0.1, 0.15) is 0 Å². The molecule has 5 heteroatoms. The Balaban J connectivity index is 1.29. The van der Waals surface area contributed by atoms with Crippen molar-refractivity contribution in [3.05, 3.63) is 29.8 Å². The molecule has 0 radical (unpaired) electrons. The second kappa shape index (κ2) is 6.79. The molecule has 134 valence electrons. The van der Waals surface area contributed by atoms with E-state index >= 15 is 0 Å². The maximum absolute atomic E-state index is 12.7. The van der Waals surface area contributed by atoms with Crippen LogP contribution in [0.5, 0.6) is 0 Å². The van der Waals surface area contributed by atoms with Crippen molar-refractivity contribution in [2.45, 2.75) is 38.1 Å². The van der Waals surface area contributed by atoms with Gasteiger partial charge in [-0.15, -0.1) is 0 Å². The lowest BCUT2D eigenvalue weighted by Crippen LogP contribution is -2.48. The molecule has 1 aromatic carbocycles. The predicted molar refractivity (Wildman–Crippen MR) is 97.5 cm³/mol. The van der Waals surface area contributed by atoms with E-state index in [0.717, 1.165) is 57.4 Å². The van der Waals surface area contributed by atoms with Crippen molar-refractivity contribution >= 4 is 17.5 Å². The van der Waals surface area contributed by atoms with E-state index in [9.17, 15) is 9.59 Å². The van der Waals surface area contributed by atoms with Crippen molar-refractivity contribution in [1.29, 1.82) is 0 Å². The zero-order valence-electron chi connectivity index (χ0n) is 15.0. The van der Waals surface area contributed by atoms with E-state index in [1.807, 2.05) is 35.0 Å². The van der Waals surface area contributed by atoms with Crippen LogP contribution in [0.15, 0.2) is 24.3 Å². The number of anilines is 1. The van der Waals surface area contributed by atoms with Crippen molar-refractivity contribution in [3.63, 3.8) is 0 Å². The van der Waals surface area contributed by atoms with Crippen molar-refractivity contribution < 1.29 is 9.59 Å². The molecule has 5 nitrogen and oxygen atoms in total. The SMILES string of the molecule is CN(C(=O)C1CC1)C1CCN(CC(=O)N2CCc3ccccc32)CC1. The van der Waals surface area contributed by atoms with Crippen LogP contribution in [0.3, 0.4) is 0 Å². The Morgan fingerprint density at radius 2 is 1.80 bits per heavy atom. The number of para-hydroxylation sites is 1. The summed E-state index contributed by atoms with van der Waals surface area (Å²) in [4.78, 5) is 31.1.